The molecule has 13 N–H and O–H groups in total. The molecule has 0 bridgehead atoms. The van der Waals surface area contributed by atoms with Crippen LogP contribution in [0.5, 0.6) is 69.0 Å². The van der Waals surface area contributed by atoms with E-state index in [2.05, 4.69) is 0 Å². The number of phenols is 12. The Hall–Kier alpha value is -7.72. The van der Waals surface area contributed by atoms with E-state index in [1.54, 1.807) is 0 Å². The Morgan fingerprint density at radius 1 is 0.382 bits per heavy atom. The summed E-state index contributed by atoms with van der Waals surface area (Å²) in [5.74, 6) is -18.7. The number of aromatic hydroxyl groups is 12. The predicted molar refractivity (Wildman–Crippen MR) is 170 cm³/mol. The molecule has 0 aliphatic carbocycles. The molecule has 1 fully saturated rings. The second kappa shape index (κ2) is 14.7. The van der Waals surface area contributed by atoms with Crippen molar-refractivity contribution in [3.63, 3.8) is 0 Å². The number of ether oxygens (including phenoxy) is 5. The second-order valence-corrected chi connectivity index (χ2v) is 11.4. The van der Waals surface area contributed by atoms with Crippen LogP contribution >= 0.6 is 0 Å². The van der Waals surface area contributed by atoms with Gasteiger partial charge in [-0.1, -0.05) is 0 Å². The van der Waals surface area contributed by atoms with Crippen LogP contribution in [0.3, 0.4) is 0 Å². The van der Waals surface area contributed by atoms with Gasteiger partial charge in [0.2, 0.25) is 12.6 Å². The van der Waals surface area contributed by atoms with E-state index in [0.29, 0.717) is 48.5 Å². The summed E-state index contributed by atoms with van der Waals surface area (Å²) in [4.78, 5) is 52.8. The quantitative estimate of drug-likeness (QED) is 0.0664. The van der Waals surface area contributed by atoms with E-state index in [4.69, 9.17) is 23.7 Å². The number of hydrogen-bond acceptors (Lipinski definition) is 22. The van der Waals surface area contributed by atoms with Crippen molar-refractivity contribution in [2.45, 2.75) is 30.9 Å². The van der Waals surface area contributed by atoms with E-state index in [-0.39, 0.29) is 0 Å². The molecule has 1 saturated heterocycles. The topological polar surface area (TPSA) is 377 Å². The maximum atomic E-state index is 13.2. The molecule has 5 atom stereocenters. The van der Waals surface area contributed by atoms with E-state index in [9.17, 15) is 85.6 Å². The summed E-state index contributed by atoms with van der Waals surface area (Å²) in [7, 11) is 0. The normalized spacial score (nSPS) is 19.2. The molecule has 1 aliphatic rings. The number of aliphatic hydroxyl groups is 1. The summed E-state index contributed by atoms with van der Waals surface area (Å²) < 4.78 is 26.4. The average Bonchev–Trinajstić information content (AvgIpc) is 3.12. The summed E-state index contributed by atoms with van der Waals surface area (Å²) in [6.07, 6.45) is -12.2. The number of carbonyl (C=O) groups excluding carboxylic acids is 4. The Labute approximate surface area is 303 Å². The third-order valence-electron chi connectivity index (χ3n) is 7.63. The van der Waals surface area contributed by atoms with Crippen LogP contribution in [0, 0.1) is 0 Å². The van der Waals surface area contributed by atoms with Crippen molar-refractivity contribution in [1.82, 2.24) is 0 Å². The minimum Gasteiger partial charge on any atom is -0.504 e. The Morgan fingerprint density at radius 2 is 0.582 bits per heavy atom. The van der Waals surface area contributed by atoms with Gasteiger partial charge in [-0.25, -0.2) is 19.2 Å². The minimum absolute atomic E-state index is 0.588. The lowest BCUT2D eigenvalue weighted by atomic mass is 10.0. The van der Waals surface area contributed by atoms with Crippen molar-refractivity contribution in [1.29, 1.82) is 0 Å². The maximum absolute atomic E-state index is 13.2. The van der Waals surface area contributed by atoms with Crippen molar-refractivity contribution in [3.8, 4) is 69.0 Å². The summed E-state index contributed by atoms with van der Waals surface area (Å²) in [5, 5.41) is 129. The van der Waals surface area contributed by atoms with Crippen LogP contribution in [0.15, 0.2) is 48.5 Å². The first kappa shape index (κ1) is 38.5. The van der Waals surface area contributed by atoms with Gasteiger partial charge in [-0.3, -0.25) is 4.74 Å². The van der Waals surface area contributed by atoms with Crippen molar-refractivity contribution in [2.24, 2.45) is 0 Å². The monoisotopic (exact) mass is 774 g/mol. The van der Waals surface area contributed by atoms with Crippen molar-refractivity contribution in [3.05, 3.63) is 70.8 Å². The molecular weight excluding hydrogens is 748 g/mol. The molecule has 5 rings (SSSR count). The van der Waals surface area contributed by atoms with Crippen LogP contribution < -0.4 is 0 Å². The largest absolute Gasteiger partial charge is 0.504 e. The zero-order chi connectivity index (χ0) is 40.6. The molecular formula is C33H26O22. The Kier molecular flexibility index (Phi) is 10.3. The van der Waals surface area contributed by atoms with Gasteiger partial charge in [-0.05, 0) is 48.5 Å². The third kappa shape index (κ3) is 7.74. The highest BCUT2D eigenvalue weighted by Gasteiger charge is 2.53. The highest BCUT2D eigenvalue weighted by atomic mass is 16.8. The van der Waals surface area contributed by atoms with Gasteiger partial charge in [0.05, 0.1) is 22.3 Å². The summed E-state index contributed by atoms with van der Waals surface area (Å²) in [6.45, 7) is 0. The first-order valence-corrected chi connectivity index (χ1v) is 14.9. The zero-order valence-electron chi connectivity index (χ0n) is 27.0. The third-order valence-corrected chi connectivity index (χ3v) is 7.63. The molecule has 22 heteroatoms. The predicted octanol–water partition coefficient (Wildman–Crippen LogP) is 0.662. The van der Waals surface area contributed by atoms with Gasteiger partial charge in [0, 0.05) is 0 Å². The first-order valence-electron chi connectivity index (χ1n) is 14.9. The molecule has 55 heavy (non-hydrogen) atoms. The maximum Gasteiger partial charge on any atom is 0.340 e. The van der Waals surface area contributed by atoms with E-state index in [1.807, 2.05) is 0 Å². The Bertz CT molecular complexity index is 1970. The number of phenolic OH excluding ortho intramolecular Hbond substituents is 12. The highest BCUT2D eigenvalue weighted by Crippen LogP contribution is 2.40. The second-order valence-electron chi connectivity index (χ2n) is 11.4. The molecule has 3 unspecified atom stereocenters. The van der Waals surface area contributed by atoms with Crippen LogP contribution in [-0.2, 0) is 23.7 Å². The Balaban J connectivity index is 1.57. The van der Waals surface area contributed by atoms with E-state index in [0.717, 1.165) is 0 Å². The lowest BCUT2D eigenvalue weighted by Gasteiger charge is -2.42. The summed E-state index contributed by atoms with van der Waals surface area (Å²) in [6, 6.07) is 4.72. The number of rotatable bonds is 8. The van der Waals surface area contributed by atoms with Crippen LogP contribution in [0.2, 0.25) is 0 Å². The molecule has 1 heterocycles. The smallest absolute Gasteiger partial charge is 0.340 e. The van der Waals surface area contributed by atoms with Crippen LogP contribution in [0.1, 0.15) is 41.4 Å². The van der Waals surface area contributed by atoms with Crippen LogP contribution in [-0.4, -0.2) is 121 Å². The fraction of sp³-hybridized carbons (Fsp3) is 0.152. The van der Waals surface area contributed by atoms with E-state index >= 15 is 0 Å². The van der Waals surface area contributed by atoms with Gasteiger partial charge in [0.15, 0.2) is 81.2 Å². The van der Waals surface area contributed by atoms with Gasteiger partial charge in [-0.2, -0.15) is 0 Å². The highest BCUT2D eigenvalue weighted by molar-refractivity contribution is 5.93. The van der Waals surface area contributed by atoms with E-state index < -0.39 is 146 Å². The Morgan fingerprint density at radius 3 is 0.800 bits per heavy atom. The lowest BCUT2D eigenvalue weighted by molar-refractivity contribution is -0.323. The van der Waals surface area contributed by atoms with Crippen molar-refractivity contribution in [2.75, 3.05) is 0 Å². The number of esters is 4. The molecule has 0 radical (unpaired) electrons. The number of hydrogen-bond donors (Lipinski definition) is 13. The zero-order valence-corrected chi connectivity index (χ0v) is 27.0. The number of benzene rings is 4. The van der Waals surface area contributed by atoms with Crippen molar-refractivity contribution < 1.29 is 109 Å². The first-order chi connectivity index (χ1) is 25.8. The summed E-state index contributed by atoms with van der Waals surface area (Å²) in [5.41, 5.74) is -2.87. The molecule has 4 aromatic rings. The SMILES string of the molecule is O=C(OC1C(O)[C@H](OC(=O)c2cc(O)c(O)c(O)c2)C(OC(=O)c2cc(O)c(O)c(O)c2)O[C@H]1OC(=O)c1cc(O)c(O)c(O)c1)c1cc(O)c(O)c(O)c1. The summed E-state index contributed by atoms with van der Waals surface area (Å²) >= 11 is 0. The lowest BCUT2D eigenvalue weighted by Crippen LogP contribution is -2.62. The fourth-order valence-corrected chi connectivity index (χ4v) is 4.85. The van der Waals surface area contributed by atoms with Crippen LogP contribution in [0.25, 0.3) is 0 Å². The molecule has 22 nitrogen and oxygen atoms in total. The molecule has 1 aliphatic heterocycles. The van der Waals surface area contributed by atoms with Gasteiger partial charge in [-0.15, -0.1) is 0 Å². The van der Waals surface area contributed by atoms with Gasteiger partial charge in [0.25, 0.3) is 0 Å². The van der Waals surface area contributed by atoms with Crippen LogP contribution in [0.4, 0.5) is 0 Å². The van der Waals surface area contributed by atoms with Gasteiger partial charge < -0.3 is 85.3 Å². The fourth-order valence-electron chi connectivity index (χ4n) is 4.85. The molecule has 0 saturated carbocycles. The van der Waals surface area contributed by atoms with Gasteiger partial charge in [0.1, 0.15) is 6.10 Å². The molecule has 0 spiro atoms. The van der Waals surface area contributed by atoms with E-state index in [1.165, 1.54) is 0 Å². The molecule has 0 amide bonds. The molecule has 0 aromatic heterocycles. The molecule has 290 valence electrons. The number of aliphatic hydroxyl groups excluding tert-OH is 1. The number of carbonyl (C=O) groups is 4. The van der Waals surface area contributed by atoms with Crippen molar-refractivity contribution >= 4 is 23.9 Å². The molecule has 4 aromatic carbocycles. The standard InChI is InChI=1S/C33H26O22/c34-13-1-9(2-14(35)21(13)42)28(47)51-26-25(46)27(52-29(48)10-3-15(36)22(43)16(37)4-10)33(54-31(50)12-7-19(40)24(45)20(41)8-12)55-32(26)53-30(49)11-5-17(38)23(44)18(39)6-11/h1-8,25-27,32-46H/t25?,26-,27?,32?,33+/m0/s1. The average molecular weight is 775 g/mol. The van der Waals surface area contributed by atoms with Gasteiger partial charge >= 0.3 is 23.9 Å². The minimum atomic E-state index is -2.53.